The highest BCUT2D eigenvalue weighted by Crippen LogP contribution is 2.14. The molecular formula is C10H21NO. The van der Waals surface area contributed by atoms with Crippen LogP contribution in [0.15, 0.2) is 0 Å². The Labute approximate surface area is 75.5 Å². The van der Waals surface area contributed by atoms with E-state index in [1.807, 2.05) is 13.8 Å². The molecule has 0 fully saturated rings. The van der Waals surface area contributed by atoms with Gasteiger partial charge in [-0.25, -0.2) is 0 Å². The monoisotopic (exact) mass is 171 g/mol. The number of hydrogen-bond acceptors (Lipinski definition) is 2. The molecule has 0 aromatic rings. The van der Waals surface area contributed by atoms with Crippen molar-refractivity contribution in [2.24, 2.45) is 17.6 Å². The molecule has 72 valence electrons. The summed E-state index contributed by atoms with van der Waals surface area (Å²) in [4.78, 5) is 11.6. The van der Waals surface area contributed by atoms with Crippen LogP contribution in [0.25, 0.3) is 0 Å². The molecule has 0 aromatic carbocycles. The molecule has 0 saturated heterocycles. The van der Waals surface area contributed by atoms with Gasteiger partial charge in [-0.3, -0.25) is 4.79 Å². The molecule has 2 unspecified atom stereocenters. The average Bonchev–Trinajstić information content (AvgIpc) is 2.11. The molecule has 2 atom stereocenters. The second kappa shape index (κ2) is 6.18. The Bertz CT molecular complexity index is 134. The summed E-state index contributed by atoms with van der Waals surface area (Å²) in [6.45, 7) is 6.63. The molecule has 0 aromatic heterocycles. The van der Waals surface area contributed by atoms with E-state index in [1.54, 1.807) is 0 Å². The van der Waals surface area contributed by atoms with Crippen molar-refractivity contribution < 1.29 is 4.79 Å². The first kappa shape index (κ1) is 11.6. The van der Waals surface area contributed by atoms with Crippen LogP contribution in [-0.2, 0) is 4.79 Å². The summed E-state index contributed by atoms with van der Waals surface area (Å²) in [6, 6.07) is 0. The fraction of sp³-hybridized carbons (Fsp3) is 0.900. The fourth-order valence-corrected chi connectivity index (χ4v) is 1.33. The van der Waals surface area contributed by atoms with E-state index in [1.165, 1.54) is 0 Å². The van der Waals surface area contributed by atoms with E-state index < -0.39 is 0 Å². The zero-order chi connectivity index (χ0) is 9.56. The molecule has 0 heterocycles. The second-order valence-electron chi connectivity index (χ2n) is 3.43. The van der Waals surface area contributed by atoms with Gasteiger partial charge in [-0.15, -0.1) is 0 Å². The van der Waals surface area contributed by atoms with Crippen LogP contribution in [0.3, 0.4) is 0 Å². The summed E-state index contributed by atoms with van der Waals surface area (Å²) in [7, 11) is 0. The largest absolute Gasteiger partial charge is 0.330 e. The van der Waals surface area contributed by atoms with Crippen LogP contribution in [0.2, 0.25) is 0 Å². The smallest absolute Gasteiger partial charge is 0.140 e. The normalized spacial score (nSPS) is 15.7. The Morgan fingerprint density at radius 3 is 2.33 bits per heavy atom. The van der Waals surface area contributed by atoms with Crippen molar-refractivity contribution in [2.45, 2.75) is 40.0 Å². The van der Waals surface area contributed by atoms with Crippen LogP contribution >= 0.6 is 0 Å². The average molecular weight is 171 g/mol. The third-order valence-electron chi connectivity index (χ3n) is 2.42. The maximum atomic E-state index is 11.6. The van der Waals surface area contributed by atoms with E-state index in [2.05, 4.69) is 6.92 Å². The number of carbonyl (C=O) groups is 1. The van der Waals surface area contributed by atoms with E-state index >= 15 is 0 Å². The molecule has 0 amide bonds. The van der Waals surface area contributed by atoms with Gasteiger partial charge in [0, 0.05) is 18.4 Å². The highest BCUT2D eigenvalue weighted by molar-refractivity contribution is 5.83. The van der Waals surface area contributed by atoms with E-state index in [0.717, 1.165) is 19.3 Å². The Hall–Kier alpha value is -0.370. The summed E-state index contributed by atoms with van der Waals surface area (Å²) >= 11 is 0. The number of carbonyl (C=O) groups excluding carboxylic acids is 1. The highest BCUT2D eigenvalue weighted by Gasteiger charge is 2.20. The molecule has 0 aliphatic heterocycles. The third kappa shape index (κ3) is 3.35. The van der Waals surface area contributed by atoms with Gasteiger partial charge in [0.25, 0.3) is 0 Å². The third-order valence-corrected chi connectivity index (χ3v) is 2.42. The quantitative estimate of drug-likeness (QED) is 0.664. The number of rotatable bonds is 6. The molecular weight excluding hydrogens is 150 g/mol. The van der Waals surface area contributed by atoms with E-state index in [9.17, 15) is 4.79 Å². The minimum absolute atomic E-state index is 0.102. The Balaban J connectivity index is 4.01. The van der Waals surface area contributed by atoms with Gasteiger partial charge in [0.2, 0.25) is 0 Å². The molecule has 0 radical (unpaired) electrons. The standard InChI is InChI=1S/C10H21NO/c1-4-6-9(7-11)10(12)8(3)5-2/h8-9H,4-7,11H2,1-3H3. The first-order valence-corrected chi connectivity index (χ1v) is 4.91. The lowest BCUT2D eigenvalue weighted by Crippen LogP contribution is -2.27. The van der Waals surface area contributed by atoms with Gasteiger partial charge in [-0.2, -0.15) is 0 Å². The van der Waals surface area contributed by atoms with Gasteiger partial charge >= 0.3 is 0 Å². The van der Waals surface area contributed by atoms with Crippen molar-refractivity contribution in [2.75, 3.05) is 6.54 Å². The Morgan fingerprint density at radius 2 is 2.00 bits per heavy atom. The van der Waals surface area contributed by atoms with Gasteiger partial charge in [-0.05, 0) is 12.8 Å². The van der Waals surface area contributed by atoms with Crippen molar-refractivity contribution in [1.29, 1.82) is 0 Å². The summed E-state index contributed by atoms with van der Waals surface area (Å²) < 4.78 is 0. The zero-order valence-electron chi connectivity index (χ0n) is 8.47. The SMILES string of the molecule is CCCC(CN)C(=O)C(C)CC. The van der Waals surface area contributed by atoms with Gasteiger partial charge in [0.1, 0.15) is 5.78 Å². The van der Waals surface area contributed by atoms with Gasteiger partial charge in [-0.1, -0.05) is 27.2 Å². The molecule has 0 aliphatic carbocycles. The minimum atomic E-state index is 0.102. The number of Topliss-reactive ketones (excluding diaryl/α,β-unsaturated/α-hetero) is 1. The van der Waals surface area contributed by atoms with Crippen LogP contribution in [0.1, 0.15) is 40.0 Å². The molecule has 0 saturated carbocycles. The lowest BCUT2D eigenvalue weighted by Gasteiger charge is -2.16. The molecule has 2 nitrogen and oxygen atoms in total. The molecule has 0 aliphatic rings. The summed E-state index contributed by atoms with van der Waals surface area (Å²) in [5, 5.41) is 0. The summed E-state index contributed by atoms with van der Waals surface area (Å²) in [6.07, 6.45) is 2.92. The first-order chi connectivity index (χ1) is 5.67. The lowest BCUT2D eigenvalue weighted by molar-refractivity contribution is -0.126. The van der Waals surface area contributed by atoms with Crippen molar-refractivity contribution in [3.8, 4) is 0 Å². The predicted octanol–water partition coefficient (Wildman–Crippen LogP) is 1.98. The van der Waals surface area contributed by atoms with E-state index in [4.69, 9.17) is 5.73 Å². The highest BCUT2D eigenvalue weighted by atomic mass is 16.1. The van der Waals surface area contributed by atoms with Gasteiger partial charge in [0.05, 0.1) is 0 Å². The topological polar surface area (TPSA) is 43.1 Å². The van der Waals surface area contributed by atoms with Crippen molar-refractivity contribution in [1.82, 2.24) is 0 Å². The minimum Gasteiger partial charge on any atom is -0.330 e. The van der Waals surface area contributed by atoms with Crippen LogP contribution in [-0.4, -0.2) is 12.3 Å². The number of hydrogen-bond donors (Lipinski definition) is 1. The van der Waals surface area contributed by atoms with Crippen molar-refractivity contribution >= 4 is 5.78 Å². The van der Waals surface area contributed by atoms with Gasteiger partial charge in [0.15, 0.2) is 0 Å². The number of ketones is 1. The molecule has 0 spiro atoms. The van der Waals surface area contributed by atoms with Crippen molar-refractivity contribution in [3.63, 3.8) is 0 Å². The maximum absolute atomic E-state index is 11.6. The second-order valence-corrected chi connectivity index (χ2v) is 3.43. The predicted molar refractivity (Wildman–Crippen MR) is 51.9 cm³/mol. The van der Waals surface area contributed by atoms with E-state index in [0.29, 0.717) is 12.3 Å². The molecule has 2 N–H and O–H groups in total. The summed E-state index contributed by atoms with van der Waals surface area (Å²) in [5.41, 5.74) is 5.53. The fourth-order valence-electron chi connectivity index (χ4n) is 1.33. The molecule has 12 heavy (non-hydrogen) atoms. The lowest BCUT2D eigenvalue weighted by atomic mass is 9.89. The maximum Gasteiger partial charge on any atom is 0.140 e. The van der Waals surface area contributed by atoms with E-state index in [-0.39, 0.29) is 11.8 Å². The first-order valence-electron chi connectivity index (χ1n) is 4.91. The van der Waals surface area contributed by atoms with Crippen LogP contribution in [0.4, 0.5) is 0 Å². The Kier molecular flexibility index (Phi) is 5.99. The molecule has 0 bridgehead atoms. The zero-order valence-corrected chi connectivity index (χ0v) is 8.47. The van der Waals surface area contributed by atoms with Crippen LogP contribution in [0, 0.1) is 11.8 Å². The summed E-state index contributed by atoms with van der Waals surface area (Å²) in [5.74, 6) is 0.636. The molecule has 2 heteroatoms. The number of nitrogens with two attached hydrogens (primary N) is 1. The van der Waals surface area contributed by atoms with Gasteiger partial charge < -0.3 is 5.73 Å². The Morgan fingerprint density at radius 1 is 1.42 bits per heavy atom. The van der Waals surface area contributed by atoms with Crippen molar-refractivity contribution in [3.05, 3.63) is 0 Å². The van der Waals surface area contributed by atoms with Crippen LogP contribution in [0.5, 0.6) is 0 Å². The van der Waals surface area contributed by atoms with Crippen LogP contribution < -0.4 is 5.73 Å². The molecule has 0 rings (SSSR count).